The molecule has 0 radical (unpaired) electrons. The zero-order valence-electron chi connectivity index (χ0n) is 37.4. The maximum absolute atomic E-state index is 5.13. The van der Waals surface area contributed by atoms with Gasteiger partial charge in [-0.05, 0) is 77.6 Å². The normalized spacial score (nSPS) is 11.1. The summed E-state index contributed by atoms with van der Waals surface area (Å²) < 4.78 is 0. The summed E-state index contributed by atoms with van der Waals surface area (Å²) in [6.45, 7) is 4.08. The monoisotopic (exact) mass is 874 g/mol. The second-order valence-corrected chi connectivity index (χ2v) is 16.5. The van der Waals surface area contributed by atoms with E-state index >= 15 is 0 Å². The van der Waals surface area contributed by atoms with E-state index in [9.17, 15) is 0 Å². The van der Waals surface area contributed by atoms with Crippen molar-refractivity contribution in [2.24, 2.45) is 0 Å². The van der Waals surface area contributed by atoms with Gasteiger partial charge in [-0.2, -0.15) is 0 Å². The van der Waals surface area contributed by atoms with Crippen LogP contribution in [0.2, 0.25) is 0 Å². The lowest BCUT2D eigenvalue weighted by Crippen LogP contribution is -2.01. The van der Waals surface area contributed by atoms with Gasteiger partial charge in [0.15, 0.2) is 34.9 Å². The molecule has 8 heteroatoms. The fraction of sp³-hybridized carbons (Fsp3) is 0.0333. The van der Waals surface area contributed by atoms with E-state index in [0.717, 1.165) is 89.4 Å². The number of benzene rings is 7. The van der Waals surface area contributed by atoms with Gasteiger partial charge in [-0.1, -0.05) is 182 Å². The van der Waals surface area contributed by atoms with E-state index in [-0.39, 0.29) is 0 Å². The minimum absolute atomic E-state index is 0.591. The van der Waals surface area contributed by atoms with Crippen LogP contribution >= 0.6 is 0 Å². The summed E-state index contributed by atoms with van der Waals surface area (Å²) in [4.78, 5) is 39.5. The molecule has 0 N–H and O–H groups in total. The second kappa shape index (κ2) is 18.4. The molecular weight excluding hydrogens is 833 g/mol. The summed E-state index contributed by atoms with van der Waals surface area (Å²) in [5.74, 6) is 3.62. The van der Waals surface area contributed by atoms with Crippen molar-refractivity contribution in [2.45, 2.75) is 13.8 Å². The zero-order valence-corrected chi connectivity index (χ0v) is 37.4. The number of hydrogen-bond acceptors (Lipinski definition) is 8. The third-order valence-corrected chi connectivity index (χ3v) is 11.8. The van der Waals surface area contributed by atoms with Crippen molar-refractivity contribution in [2.75, 3.05) is 0 Å². The molecule has 0 aliphatic carbocycles. The van der Waals surface area contributed by atoms with Crippen molar-refractivity contribution in [3.05, 3.63) is 230 Å². The quantitative estimate of drug-likeness (QED) is 0.134. The summed E-state index contributed by atoms with van der Waals surface area (Å²) in [6, 6.07) is 72.1. The molecular formula is C60H42N8. The summed E-state index contributed by atoms with van der Waals surface area (Å²) in [7, 11) is 0. The van der Waals surface area contributed by atoms with Gasteiger partial charge >= 0.3 is 0 Å². The van der Waals surface area contributed by atoms with Gasteiger partial charge in [0.2, 0.25) is 0 Å². The molecule has 322 valence electrons. The van der Waals surface area contributed by atoms with Gasteiger partial charge in [0, 0.05) is 56.5 Å². The molecule has 0 aliphatic heterocycles. The average Bonchev–Trinajstić information content (AvgIpc) is 3.41. The smallest absolute Gasteiger partial charge is 0.164 e. The first kappa shape index (κ1) is 41.6. The molecule has 8 nitrogen and oxygen atoms in total. The molecule has 4 aromatic heterocycles. The lowest BCUT2D eigenvalue weighted by molar-refractivity contribution is 1.07. The molecule has 11 rings (SSSR count). The van der Waals surface area contributed by atoms with Crippen LogP contribution in [0.5, 0.6) is 0 Å². The van der Waals surface area contributed by atoms with E-state index in [1.807, 2.05) is 141 Å². The van der Waals surface area contributed by atoms with E-state index in [4.69, 9.17) is 34.9 Å². The van der Waals surface area contributed by atoms with E-state index in [2.05, 4.69) is 89.9 Å². The lowest BCUT2D eigenvalue weighted by Gasteiger charge is -2.17. The van der Waals surface area contributed by atoms with Gasteiger partial charge in [0.05, 0.1) is 5.69 Å². The van der Waals surface area contributed by atoms with Gasteiger partial charge in [0.25, 0.3) is 0 Å². The maximum Gasteiger partial charge on any atom is 0.164 e. The predicted octanol–water partition coefficient (Wildman–Crippen LogP) is 14.1. The Bertz CT molecular complexity index is 3470. The Morgan fingerprint density at radius 3 is 1.10 bits per heavy atom. The SMILES string of the molecule is Cc1cc(-c2cc(-c3ccc(-c4nc(-c5ccccc5)nc(-c5ccc(-c6ccccn6)cc5)n4)cc3)ccc2-c2ccccc2-c2nc(-c3ccccc3)nc(-c3ccccc3)n2)cc(C)n1. The molecule has 0 bridgehead atoms. The molecule has 4 heterocycles. The second-order valence-electron chi connectivity index (χ2n) is 16.5. The highest BCUT2D eigenvalue weighted by Crippen LogP contribution is 2.41. The molecule has 68 heavy (non-hydrogen) atoms. The summed E-state index contributed by atoms with van der Waals surface area (Å²) in [6.07, 6.45) is 1.80. The molecule has 7 aromatic carbocycles. The maximum atomic E-state index is 5.13. The number of pyridine rings is 2. The van der Waals surface area contributed by atoms with Crippen molar-refractivity contribution >= 4 is 0 Å². The van der Waals surface area contributed by atoms with Crippen molar-refractivity contribution in [1.82, 2.24) is 39.9 Å². The standard InChI is InChI=1S/C60H42N8/c1-39-36-49(37-40(2)62-39)53-38-48(33-34-51(53)50-22-12-13-23-52(50)60-67-56(44-18-8-4-9-19-44)65-57(68-60)45-20-10-5-11-21-45)41-25-29-46(30-26-41)58-63-55(43-16-6-3-7-17-43)64-59(66-58)47-31-27-42(28-32-47)54-24-14-15-35-61-54/h3-38H,1-2H3. The van der Waals surface area contributed by atoms with Gasteiger partial charge in [0.1, 0.15) is 0 Å². The lowest BCUT2D eigenvalue weighted by atomic mass is 9.88. The Morgan fingerprint density at radius 2 is 0.618 bits per heavy atom. The molecule has 11 aromatic rings. The summed E-state index contributed by atoms with van der Waals surface area (Å²) >= 11 is 0. The highest BCUT2D eigenvalue weighted by Gasteiger charge is 2.20. The molecule has 0 atom stereocenters. The molecule has 0 saturated heterocycles. The van der Waals surface area contributed by atoms with Crippen molar-refractivity contribution < 1.29 is 0 Å². The van der Waals surface area contributed by atoms with Crippen LogP contribution < -0.4 is 0 Å². The predicted molar refractivity (Wildman–Crippen MR) is 273 cm³/mol. The van der Waals surface area contributed by atoms with E-state index in [0.29, 0.717) is 34.9 Å². The van der Waals surface area contributed by atoms with Crippen LogP contribution in [0, 0.1) is 13.8 Å². The van der Waals surface area contributed by atoms with Crippen LogP contribution in [0.25, 0.3) is 113 Å². The summed E-state index contributed by atoms with van der Waals surface area (Å²) in [5, 5.41) is 0. The van der Waals surface area contributed by atoms with Crippen LogP contribution in [0.4, 0.5) is 0 Å². The average molecular weight is 875 g/mol. The number of rotatable bonds is 10. The Kier molecular flexibility index (Phi) is 11.2. The largest absolute Gasteiger partial charge is 0.258 e. The highest BCUT2D eigenvalue weighted by molar-refractivity contribution is 5.93. The topological polar surface area (TPSA) is 103 Å². The van der Waals surface area contributed by atoms with Crippen LogP contribution in [0.3, 0.4) is 0 Å². The highest BCUT2D eigenvalue weighted by atomic mass is 15.0. The van der Waals surface area contributed by atoms with Crippen LogP contribution in [-0.4, -0.2) is 39.9 Å². The Hall–Kier alpha value is -9.14. The molecule has 0 amide bonds. The van der Waals surface area contributed by atoms with Gasteiger partial charge in [-0.3, -0.25) is 9.97 Å². The first-order chi connectivity index (χ1) is 33.5. The van der Waals surface area contributed by atoms with Gasteiger partial charge in [-0.15, -0.1) is 0 Å². The summed E-state index contributed by atoms with van der Waals surface area (Å²) in [5.41, 5.74) is 15.6. The number of aryl methyl sites for hydroxylation is 2. The number of hydrogen-bond donors (Lipinski definition) is 0. The van der Waals surface area contributed by atoms with E-state index in [1.165, 1.54) is 0 Å². The molecule has 0 saturated carbocycles. The first-order valence-electron chi connectivity index (χ1n) is 22.5. The fourth-order valence-corrected chi connectivity index (χ4v) is 8.52. The van der Waals surface area contributed by atoms with E-state index < -0.39 is 0 Å². The Balaban J connectivity index is 0.995. The van der Waals surface area contributed by atoms with Crippen LogP contribution in [-0.2, 0) is 0 Å². The van der Waals surface area contributed by atoms with E-state index in [1.54, 1.807) is 6.20 Å². The van der Waals surface area contributed by atoms with Crippen molar-refractivity contribution in [3.63, 3.8) is 0 Å². The minimum atomic E-state index is 0.591. The minimum Gasteiger partial charge on any atom is -0.258 e. The third kappa shape index (κ3) is 8.69. The first-order valence-corrected chi connectivity index (χ1v) is 22.5. The number of aromatic nitrogens is 8. The van der Waals surface area contributed by atoms with Crippen LogP contribution in [0.1, 0.15) is 11.4 Å². The van der Waals surface area contributed by atoms with Crippen molar-refractivity contribution in [1.29, 1.82) is 0 Å². The third-order valence-electron chi connectivity index (χ3n) is 11.8. The van der Waals surface area contributed by atoms with Crippen molar-refractivity contribution in [3.8, 4) is 113 Å². The molecule has 0 spiro atoms. The number of nitrogens with zero attached hydrogens (tertiary/aromatic N) is 8. The Morgan fingerprint density at radius 1 is 0.235 bits per heavy atom. The van der Waals surface area contributed by atoms with Crippen LogP contribution in [0.15, 0.2) is 219 Å². The zero-order chi connectivity index (χ0) is 45.8. The molecule has 0 aliphatic rings. The van der Waals surface area contributed by atoms with Gasteiger partial charge < -0.3 is 0 Å². The van der Waals surface area contributed by atoms with Gasteiger partial charge in [-0.25, -0.2) is 29.9 Å². The molecule has 0 fully saturated rings. The molecule has 0 unspecified atom stereocenters. The fourth-order valence-electron chi connectivity index (χ4n) is 8.52. The Labute approximate surface area is 394 Å².